The first kappa shape index (κ1) is 19.7. The van der Waals surface area contributed by atoms with Gasteiger partial charge in [0.2, 0.25) is 11.8 Å². The summed E-state index contributed by atoms with van der Waals surface area (Å²) in [7, 11) is 1.50. The third kappa shape index (κ3) is 3.95. The molecule has 0 aromatic heterocycles. The smallest absolute Gasteiger partial charge is 0.255 e. The zero-order valence-electron chi connectivity index (χ0n) is 15.7. The van der Waals surface area contributed by atoms with Crippen LogP contribution in [0, 0.1) is 5.92 Å². The topological polar surface area (TPSA) is 104 Å². The van der Waals surface area contributed by atoms with Crippen molar-refractivity contribution in [2.24, 2.45) is 5.92 Å². The molecule has 28 heavy (non-hydrogen) atoms. The van der Waals surface area contributed by atoms with E-state index in [9.17, 15) is 24.0 Å². The average molecular weight is 385 g/mol. The van der Waals surface area contributed by atoms with Crippen LogP contribution in [0.15, 0.2) is 18.2 Å². The molecule has 8 heteroatoms. The number of rotatable bonds is 6. The third-order valence-corrected chi connectivity index (χ3v) is 5.47. The Morgan fingerprint density at radius 2 is 2.07 bits per heavy atom. The summed E-state index contributed by atoms with van der Waals surface area (Å²) in [5.41, 5.74) is 1.27. The lowest BCUT2D eigenvalue weighted by molar-refractivity contribution is -0.136. The number of hydrogen-bond donors (Lipinski definition) is 1. The number of piperidine rings is 1. The predicted octanol–water partition coefficient (Wildman–Crippen LogP) is 0.792. The number of carbonyl (C=O) groups excluding carboxylic acids is 5. The maximum Gasteiger partial charge on any atom is 0.255 e. The summed E-state index contributed by atoms with van der Waals surface area (Å²) < 4.78 is 0. The van der Waals surface area contributed by atoms with Crippen LogP contribution in [-0.2, 0) is 14.4 Å². The van der Waals surface area contributed by atoms with Gasteiger partial charge in [0, 0.05) is 44.2 Å². The fourth-order valence-electron chi connectivity index (χ4n) is 3.81. The zero-order chi connectivity index (χ0) is 20.3. The first-order chi connectivity index (χ1) is 13.4. The molecular weight excluding hydrogens is 362 g/mol. The van der Waals surface area contributed by atoms with Gasteiger partial charge in [-0.1, -0.05) is 0 Å². The molecule has 2 atom stereocenters. The minimum Gasteiger partial charge on any atom is -0.371 e. The largest absolute Gasteiger partial charge is 0.371 e. The van der Waals surface area contributed by atoms with Crippen LogP contribution in [0.2, 0.25) is 0 Å². The Morgan fingerprint density at radius 1 is 1.29 bits per heavy atom. The van der Waals surface area contributed by atoms with E-state index in [0.29, 0.717) is 12.7 Å². The number of carbonyl (C=O) groups is 5. The zero-order valence-corrected chi connectivity index (χ0v) is 15.7. The average Bonchev–Trinajstić information content (AvgIpc) is 3.15. The van der Waals surface area contributed by atoms with Gasteiger partial charge in [0.25, 0.3) is 5.91 Å². The fourth-order valence-corrected chi connectivity index (χ4v) is 3.81. The summed E-state index contributed by atoms with van der Waals surface area (Å²) in [4.78, 5) is 62.0. The van der Waals surface area contributed by atoms with Crippen molar-refractivity contribution < 1.29 is 24.0 Å². The summed E-state index contributed by atoms with van der Waals surface area (Å²) in [5, 5.41) is 2.24. The summed E-state index contributed by atoms with van der Waals surface area (Å²) in [6.45, 7) is 1.49. The van der Waals surface area contributed by atoms with Gasteiger partial charge in [-0.3, -0.25) is 24.5 Å². The van der Waals surface area contributed by atoms with Crippen LogP contribution in [0.5, 0.6) is 0 Å². The van der Waals surface area contributed by atoms with E-state index in [-0.39, 0.29) is 35.8 Å². The molecule has 0 bridgehead atoms. The van der Waals surface area contributed by atoms with Crippen molar-refractivity contribution in [2.45, 2.75) is 31.7 Å². The minimum absolute atomic E-state index is 0.167. The van der Waals surface area contributed by atoms with E-state index in [1.165, 1.54) is 11.9 Å². The highest BCUT2D eigenvalue weighted by atomic mass is 16.2. The summed E-state index contributed by atoms with van der Waals surface area (Å²) >= 11 is 0. The normalized spacial score (nSPS) is 22.0. The lowest BCUT2D eigenvalue weighted by atomic mass is 10.0. The first-order valence-corrected chi connectivity index (χ1v) is 9.33. The second-order valence-electron chi connectivity index (χ2n) is 7.28. The van der Waals surface area contributed by atoms with E-state index < -0.39 is 17.9 Å². The van der Waals surface area contributed by atoms with Crippen molar-refractivity contribution in [3.63, 3.8) is 0 Å². The Hall–Kier alpha value is -3.03. The highest BCUT2D eigenvalue weighted by Gasteiger charge is 2.33. The molecule has 3 amide bonds. The monoisotopic (exact) mass is 385 g/mol. The maximum absolute atomic E-state index is 13.0. The molecule has 1 N–H and O–H groups in total. The van der Waals surface area contributed by atoms with Gasteiger partial charge in [0.1, 0.15) is 12.3 Å². The molecular formula is C20H23N3O5. The SMILES string of the molecule is CN(C(=O)c1cc(N2CCC(CC=O)C2)ccc1C=O)C1CCC(=O)NC1=O. The van der Waals surface area contributed by atoms with Gasteiger partial charge < -0.3 is 14.6 Å². The van der Waals surface area contributed by atoms with Crippen molar-refractivity contribution in [3.05, 3.63) is 29.3 Å². The molecule has 2 aliphatic rings. The van der Waals surface area contributed by atoms with Crippen LogP contribution in [0.1, 0.15) is 46.4 Å². The van der Waals surface area contributed by atoms with E-state index in [4.69, 9.17) is 0 Å². The van der Waals surface area contributed by atoms with Crippen molar-refractivity contribution >= 4 is 36.0 Å². The van der Waals surface area contributed by atoms with Gasteiger partial charge in [0.05, 0.1) is 5.56 Å². The standard InChI is InChI=1S/C20H23N3O5/c1-22(17-4-5-18(26)21-19(17)27)20(28)16-10-15(3-2-14(16)12-25)23-8-6-13(11-23)7-9-24/h2-3,9-10,12-13,17H,4-8,11H2,1H3,(H,21,26,27). The summed E-state index contributed by atoms with van der Waals surface area (Å²) in [5.74, 6) is -1.01. The van der Waals surface area contributed by atoms with Gasteiger partial charge in [-0.05, 0) is 37.0 Å². The molecule has 2 saturated heterocycles. The molecule has 148 valence electrons. The Bertz CT molecular complexity index is 822. The number of nitrogens with one attached hydrogen (secondary N) is 1. The molecule has 3 rings (SSSR count). The number of amides is 3. The van der Waals surface area contributed by atoms with Gasteiger partial charge >= 0.3 is 0 Å². The van der Waals surface area contributed by atoms with Gasteiger partial charge in [-0.2, -0.15) is 0 Å². The summed E-state index contributed by atoms with van der Waals surface area (Å²) in [6, 6.07) is 4.30. The number of likely N-dealkylation sites (N-methyl/N-ethyl adjacent to an activating group) is 1. The van der Waals surface area contributed by atoms with Gasteiger partial charge in [-0.25, -0.2) is 0 Å². The molecule has 8 nitrogen and oxygen atoms in total. The number of nitrogens with zero attached hydrogens (tertiary/aromatic N) is 2. The van der Waals surface area contributed by atoms with E-state index in [1.54, 1.807) is 18.2 Å². The second kappa shape index (κ2) is 8.33. The third-order valence-electron chi connectivity index (χ3n) is 5.47. The van der Waals surface area contributed by atoms with Crippen LogP contribution in [-0.4, -0.2) is 61.4 Å². The number of benzene rings is 1. The van der Waals surface area contributed by atoms with E-state index in [1.807, 2.05) is 0 Å². The Labute approximate surface area is 162 Å². The predicted molar refractivity (Wildman–Crippen MR) is 101 cm³/mol. The first-order valence-electron chi connectivity index (χ1n) is 9.33. The fraction of sp³-hybridized carbons (Fsp3) is 0.450. The lowest BCUT2D eigenvalue weighted by Crippen LogP contribution is -2.53. The van der Waals surface area contributed by atoms with Crippen molar-refractivity contribution in [3.8, 4) is 0 Å². The molecule has 2 unspecified atom stereocenters. The number of aldehydes is 2. The molecule has 0 aliphatic carbocycles. The number of anilines is 1. The Balaban J connectivity index is 1.82. The Morgan fingerprint density at radius 3 is 2.75 bits per heavy atom. The molecule has 2 aliphatic heterocycles. The molecule has 1 aromatic rings. The van der Waals surface area contributed by atoms with Gasteiger partial charge in [-0.15, -0.1) is 0 Å². The molecule has 2 heterocycles. The highest BCUT2D eigenvalue weighted by molar-refractivity contribution is 6.06. The van der Waals surface area contributed by atoms with E-state index >= 15 is 0 Å². The van der Waals surface area contributed by atoms with Crippen LogP contribution >= 0.6 is 0 Å². The van der Waals surface area contributed by atoms with Crippen LogP contribution in [0.3, 0.4) is 0 Å². The van der Waals surface area contributed by atoms with Crippen LogP contribution in [0.4, 0.5) is 5.69 Å². The highest BCUT2D eigenvalue weighted by Crippen LogP contribution is 2.28. The number of imide groups is 1. The van der Waals surface area contributed by atoms with Crippen molar-refractivity contribution in [1.82, 2.24) is 10.2 Å². The Kier molecular flexibility index (Phi) is 5.87. The van der Waals surface area contributed by atoms with E-state index in [2.05, 4.69) is 10.2 Å². The lowest BCUT2D eigenvalue weighted by Gasteiger charge is -2.30. The molecule has 1 aromatic carbocycles. The maximum atomic E-state index is 13.0. The van der Waals surface area contributed by atoms with Crippen molar-refractivity contribution in [1.29, 1.82) is 0 Å². The molecule has 2 fully saturated rings. The van der Waals surface area contributed by atoms with Crippen LogP contribution < -0.4 is 10.2 Å². The molecule has 0 radical (unpaired) electrons. The van der Waals surface area contributed by atoms with Crippen LogP contribution in [0.25, 0.3) is 0 Å². The number of hydrogen-bond acceptors (Lipinski definition) is 6. The summed E-state index contributed by atoms with van der Waals surface area (Å²) in [6.07, 6.45) is 3.37. The van der Waals surface area contributed by atoms with E-state index in [0.717, 1.165) is 31.5 Å². The van der Waals surface area contributed by atoms with Gasteiger partial charge in [0.15, 0.2) is 6.29 Å². The quantitative estimate of drug-likeness (QED) is 0.574. The molecule has 0 saturated carbocycles. The molecule has 0 spiro atoms. The van der Waals surface area contributed by atoms with Crippen molar-refractivity contribution in [2.75, 3.05) is 25.0 Å². The second-order valence-corrected chi connectivity index (χ2v) is 7.28. The minimum atomic E-state index is -0.753.